The normalized spacial score (nSPS) is 11.2. The van der Waals surface area contributed by atoms with Crippen molar-refractivity contribution < 1.29 is 23.1 Å². The fourth-order valence-electron chi connectivity index (χ4n) is 1.09. The van der Waals surface area contributed by atoms with Gasteiger partial charge in [0.2, 0.25) is 0 Å². The van der Waals surface area contributed by atoms with Gasteiger partial charge in [-0.05, 0) is 17.3 Å². The van der Waals surface area contributed by atoms with Crippen molar-refractivity contribution in [3.8, 4) is 0 Å². The van der Waals surface area contributed by atoms with Gasteiger partial charge in [-0.1, -0.05) is 0 Å². The van der Waals surface area contributed by atoms with E-state index in [1.807, 2.05) is 0 Å². The highest BCUT2D eigenvalue weighted by molar-refractivity contribution is 5.95. The Morgan fingerprint density at radius 1 is 1.38 bits per heavy atom. The summed E-state index contributed by atoms with van der Waals surface area (Å²) in [6.07, 6.45) is -4.81. The number of hydrogen-bond donors (Lipinski definition) is 2. The molecule has 0 radical (unpaired) electrons. The van der Waals surface area contributed by atoms with Gasteiger partial charge in [0.05, 0.1) is 11.1 Å². The summed E-state index contributed by atoms with van der Waals surface area (Å²) >= 11 is 0. The number of carboxylic acid groups (broad SMARTS) is 1. The zero-order chi connectivity index (χ0) is 12.5. The van der Waals surface area contributed by atoms with Crippen LogP contribution in [0.25, 0.3) is 0 Å². The van der Waals surface area contributed by atoms with Crippen LogP contribution in [0.1, 0.15) is 15.9 Å². The Kier molecular flexibility index (Phi) is 2.84. The molecule has 3 N–H and O–H groups in total. The number of anilines is 1. The Balaban J connectivity index is 3.50. The highest BCUT2D eigenvalue weighted by atomic mass is 19.4. The number of alkyl halides is 3. The molecule has 0 aliphatic rings. The van der Waals surface area contributed by atoms with Crippen LogP contribution in [0.3, 0.4) is 0 Å². The molecule has 0 fully saturated rings. The summed E-state index contributed by atoms with van der Waals surface area (Å²) in [6, 6.07) is 0.869. The lowest BCUT2D eigenvalue weighted by Crippen LogP contribution is -2.09. The molecule has 0 unspecified atom stereocenters. The molecule has 8 heteroatoms. The van der Waals surface area contributed by atoms with Crippen LogP contribution in [0.5, 0.6) is 0 Å². The van der Waals surface area contributed by atoms with Crippen molar-refractivity contribution in [3.63, 3.8) is 0 Å². The van der Waals surface area contributed by atoms with Gasteiger partial charge in [-0.2, -0.15) is 13.2 Å². The largest absolute Gasteiger partial charge is 0.478 e. The molecule has 1 rings (SSSR count). The number of halogens is 3. The van der Waals surface area contributed by atoms with Gasteiger partial charge in [0.15, 0.2) is 0 Å². The van der Waals surface area contributed by atoms with Crippen LogP contribution < -0.4 is 5.73 Å². The van der Waals surface area contributed by atoms with Crippen molar-refractivity contribution in [1.29, 1.82) is 0 Å². The first-order valence-electron chi connectivity index (χ1n) is 3.84. The highest BCUT2D eigenvalue weighted by Gasteiger charge is 2.35. The summed E-state index contributed by atoms with van der Waals surface area (Å²) in [6.45, 7) is 0. The molecule has 0 aliphatic heterocycles. The second-order valence-electron chi connectivity index (χ2n) is 2.85. The third-order valence-corrected chi connectivity index (χ3v) is 1.80. The van der Waals surface area contributed by atoms with Crippen LogP contribution in [0.2, 0.25) is 0 Å². The smallest absolute Gasteiger partial charge is 0.418 e. The Labute approximate surface area is 86.6 Å². The van der Waals surface area contributed by atoms with E-state index in [0.29, 0.717) is 12.1 Å². The molecule has 0 saturated carbocycles. The summed E-state index contributed by atoms with van der Waals surface area (Å²) in [5.41, 5.74) is 1.59. The molecule has 0 atom stereocenters. The molecule has 0 spiro atoms. The lowest BCUT2D eigenvalue weighted by molar-refractivity contribution is -0.137. The van der Waals surface area contributed by atoms with E-state index in [1.54, 1.807) is 0 Å². The highest BCUT2D eigenvalue weighted by Crippen LogP contribution is 2.38. The average Bonchev–Trinajstić information content (AvgIpc) is 2.15. The minimum Gasteiger partial charge on any atom is -0.478 e. The van der Waals surface area contributed by atoms with Crippen LogP contribution in [0.4, 0.5) is 24.5 Å². The zero-order valence-corrected chi connectivity index (χ0v) is 7.58. The number of hydrogen-bond acceptors (Lipinski definition) is 4. The predicted molar refractivity (Wildman–Crippen MR) is 48.3 cm³/mol. The van der Waals surface area contributed by atoms with E-state index in [2.05, 4.69) is 5.18 Å². The molecule has 86 valence electrons. The average molecular weight is 234 g/mol. The Morgan fingerprint density at radius 3 is 2.31 bits per heavy atom. The van der Waals surface area contributed by atoms with Crippen LogP contribution in [-0.4, -0.2) is 11.1 Å². The van der Waals surface area contributed by atoms with Crippen LogP contribution in [-0.2, 0) is 6.18 Å². The summed E-state index contributed by atoms with van der Waals surface area (Å²) < 4.78 is 37.0. The SMILES string of the molecule is Nc1cc(C(F)(F)F)c(N=O)cc1C(=O)O. The second kappa shape index (κ2) is 3.80. The van der Waals surface area contributed by atoms with E-state index in [0.717, 1.165) is 0 Å². The maximum Gasteiger partial charge on any atom is 0.418 e. The molecular weight excluding hydrogens is 229 g/mol. The number of nitrogens with zero attached hydrogens (tertiary/aromatic N) is 1. The molecule has 0 amide bonds. The zero-order valence-electron chi connectivity index (χ0n) is 7.58. The van der Waals surface area contributed by atoms with E-state index in [1.165, 1.54) is 0 Å². The van der Waals surface area contributed by atoms with Gasteiger partial charge in [-0.15, -0.1) is 4.91 Å². The van der Waals surface area contributed by atoms with Gasteiger partial charge in [0.25, 0.3) is 0 Å². The van der Waals surface area contributed by atoms with Crippen molar-refractivity contribution in [2.24, 2.45) is 5.18 Å². The van der Waals surface area contributed by atoms with Crippen molar-refractivity contribution in [2.75, 3.05) is 5.73 Å². The van der Waals surface area contributed by atoms with Crippen LogP contribution >= 0.6 is 0 Å². The molecule has 0 saturated heterocycles. The fourth-order valence-corrected chi connectivity index (χ4v) is 1.09. The number of nitroso groups, excluding NO2 is 1. The third-order valence-electron chi connectivity index (χ3n) is 1.80. The van der Waals surface area contributed by atoms with Gasteiger partial charge >= 0.3 is 12.1 Å². The minimum atomic E-state index is -4.81. The van der Waals surface area contributed by atoms with Gasteiger partial charge in [0, 0.05) is 5.69 Å². The molecular formula is C8H5F3N2O3. The van der Waals surface area contributed by atoms with E-state index in [4.69, 9.17) is 10.8 Å². The third kappa shape index (κ3) is 2.10. The lowest BCUT2D eigenvalue weighted by atomic mass is 10.1. The van der Waals surface area contributed by atoms with Crippen LogP contribution in [0.15, 0.2) is 17.3 Å². The standard InChI is InChI=1S/C8H5F3N2O3/c9-8(10,11)4-2-5(12)3(7(14)15)1-6(4)13-16/h1-2H,12H2,(H,14,15). The van der Waals surface area contributed by atoms with Gasteiger partial charge in [0.1, 0.15) is 5.69 Å². The molecule has 5 nitrogen and oxygen atoms in total. The molecule has 0 aliphatic carbocycles. The second-order valence-corrected chi connectivity index (χ2v) is 2.85. The number of nitrogen functional groups attached to an aromatic ring is 1. The molecule has 0 heterocycles. The van der Waals surface area contributed by atoms with Crippen molar-refractivity contribution in [2.45, 2.75) is 6.18 Å². The summed E-state index contributed by atoms with van der Waals surface area (Å²) in [5.74, 6) is -1.53. The van der Waals surface area contributed by atoms with Crippen molar-refractivity contribution in [3.05, 3.63) is 28.2 Å². The molecule has 1 aromatic carbocycles. The van der Waals surface area contributed by atoms with Gasteiger partial charge < -0.3 is 10.8 Å². The Morgan fingerprint density at radius 2 is 1.94 bits per heavy atom. The molecule has 0 bridgehead atoms. The number of aromatic carboxylic acids is 1. The van der Waals surface area contributed by atoms with Crippen LogP contribution in [0, 0.1) is 4.91 Å². The monoisotopic (exact) mass is 234 g/mol. The maximum absolute atomic E-state index is 12.3. The first-order valence-corrected chi connectivity index (χ1v) is 3.84. The van der Waals surface area contributed by atoms with Gasteiger partial charge in [-0.3, -0.25) is 0 Å². The Bertz CT molecular complexity index is 457. The Hall–Kier alpha value is -2.12. The number of carboxylic acids is 1. The van der Waals surface area contributed by atoms with Gasteiger partial charge in [-0.25, -0.2) is 4.79 Å². The number of rotatable bonds is 2. The van der Waals surface area contributed by atoms with E-state index in [9.17, 15) is 22.9 Å². The fraction of sp³-hybridized carbons (Fsp3) is 0.125. The van der Waals surface area contributed by atoms with E-state index >= 15 is 0 Å². The number of benzene rings is 1. The molecule has 1 aromatic rings. The van der Waals surface area contributed by atoms with E-state index in [-0.39, 0.29) is 0 Å². The minimum absolute atomic E-state index is 0.375. The summed E-state index contributed by atoms with van der Waals surface area (Å²) in [4.78, 5) is 20.7. The first kappa shape index (κ1) is 12.0. The maximum atomic E-state index is 12.3. The number of carbonyl (C=O) groups is 1. The number of nitrogens with two attached hydrogens (primary N) is 1. The van der Waals surface area contributed by atoms with Crippen molar-refractivity contribution >= 4 is 17.3 Å². The quantitative estimate of drug-likeness (QED) is 0.606. The summed E-state index contributed by atoms with van der Waals surface area (Å²) in [7, 11) is 0. The lowest BCUT2D eigenvalue weighted by Gasteiger charge is -2.10. The molecule has 0 aromatic heterocycles. The summed E-state index contributed by atoms with van der Waals surface area (Å²) in [5, 5.41) is 10.7. The van der Waals surface area contributed by atoms with Crippen molar-refractivity contribution in [1.82, 2.24) is 0 Å². The van der Waals surface area contributed by atoms with E-state index < -0.39 is 34.6 Å². The predicted octanol–water partition coefficient (Wildman–Crippen LogP) is 2.38. The first-order chi connectivity index (χ1) is 7.27. The molecule has 16 heavy (non-hydrogen) atoms. The topological polar surface area (TPSA) is 92.8 Å².